The van der Waals surface area contributed by atoms with E-state index in [2.05, 4.69) is 4.72 Å². The van der Waals surface area contributed by atoms with Gasteiger partial charge in [-0.15, -0.1) is 0 Å². The van der Waals surface area contributed by atoms with Gasteiger partial charge in [-0.05, 0) is 43.3 Å². The predicted octanol–water partition coefficient (Wildman–Crippen LogP) is 3.30. The first kappa shape index (κ1) is 31.5. The normalized spacial score (nSPS) is 14.1. The van der Waals surface area contributed by atoms with E-state index < -0.39 is 22.0 Å². The van der Waals surface area contributed by atoms with Crippen LogP contribution in [0.15, 0.2) is 59.5 Å². The van der Waals surface area contributed by atoms with E-state index in [0.29, 0.717) is 11.5 Å². The van der Waals surface area contributed by atoms with Crippen molar-refractivity contribution in [1.82, 2.24) is 9.80 Å². The van der Waals surface area contributed by atoms with Gasteiger partial charge in [0.1, 0.15) is 6.61 Å². The first-order chi connectivity index (χ1) is 21.7. The fourth-order valence-corrected chi connectivity index (χ4v) is 5.79. The Hall–Kier alpha value is -4.89. The van der Waals surface area contributed by atoms with Crippen molar-refractivity contribution < 1.29 is 51.5 Å². The Morgan fingerprint density at radius 2 is 1.64 bits per heavy atom. The number of hydrogen-bond acceptors (Lipinski definition) is 11. The molecule has 0 spiro atoms. The van der Waals surface area contributed by atoms with Gasteiger partial charge in [0.25, 0.3) is 15.9 Å². The maximum Gasteiger partial charge on any atom is 0.409 e. The molecule has 3 aromatic carbocycles. The van der Waals surface area contributed by atoms with Gasteiger partial charge in [0, 0.05) is 37.8 Å². The maximum absolute atomic E-state index is 13.7. The van der Waals surface area contributed by atoms with Crippen molar-refractivity contribution in [2.24, 2.45) is 0 Å². The van der Waals surface area contributed by atoms with E-state index in [-0.39, 0.29) is 91.9 Å². The van der Waals surface area contributed by atoms with Gasteiger partial charge >= 0.3 is 6.09 Å². The van der Waals surface area contributed by atoms with E-state index in [9.17, 15) is 23.1 Å². The number of benzene rings is 3. The van der Waals surface area contributed by atoms with Crippen molar-refractivity contribution in [3.05, 3.63) is 60.2 Å². The average molecular weight is 644 g/mol. The minimum Gasteiger partial charge on any atom is -0.493 e. The maximum atomic E-state index is 13.7. The highest BCUT2D eigenvalue weighted by molar-refractivity contribution is 7.92. The number of aliphatic hydroxyl groups is 1. The molecular weight excluding hydrogens is 610 g/mol. The molecule has 0 atom stereocenters. The molecule has 1 saturated heterocycles. The molecule has 2 amide bonds. The number of fused-ring (bicyclic) bond motifs is 1. The molecule has 0 bridgehead atoms. The molecule has 2 aliphatic rings. The summed E-state index contributed by atoms with van der Waals surface area (Å²) in [6.07, 6.45) is -0.456. The lowest BCUT2D eigenvalue weighted by atomic mass is 10.1. The fourth-order valence-electron chi connectivity index (χ4n) is 4.72. The van der Waals surface area contributed by atoms with Crippen LogP contribution in [0.4, 0.5) is 10.5 Å². The fraction of sp³-hybridized carbons (Fsp3) is 0.333. The van der Waals surface area contributed by atoms with Crippen LogP contribution in [0.1, 0.15) is 17.3 Å². The minimum atomic E-state index is -4.28. The van der Waals surface area contributed by atoms with Gasteiger partial charge in [-0.2, -0.15) is 0 Å². The van der Waals surface area contributed by atoms with Gasteiger partial charge in [-0.25, -0.2) is 13.2 Å². The van der Waals surface area contributed by atoms with Crippen LogP contribution >= 0.6 is 0 Å². The number of anilines is 1. The molecular formula is C30H33N3O11S. The Morgan fingerprint density at radius 3 is 2.36 bits per heavy atom. The lowest BCUT2D eigenvalue weighted by Crippen LogP contribution is -2.50. The number of aliphatic hydroxyl groups excluding tert-OH is 1. The summed E-state index contributed by atoms with van der Waals surface area (Å²) in [6, 6.07) is 13.7. The molecule has 0 aliphatic carbocycles. The van der Waals surface area contributed by atoms with Gasteiger partial charge in [-0.1, -0.05) is 12.1 Å². The van der Waals surface area contributed by atoms with E-state index in [1.165, 1.54) is 47.2 Å². The van der Waals surface area contributed by atoms with Gasteiger partial charge < -0.3 is 43.3 Å². The largest absolute Gasteiger partial charge is 0.493 e. The standard InChI is InChI=1S/C30H33N3O11S/c1-3-40-30(36)33-12-10-32(11-13-33)29(35)20-16-22(31-45(37,38)21-8-9-24-26(18-21)43-19-42-24)28(27(17-20)41-15-14-34)44-25-7-5-4-6-23(25)39-2/h4-9,16-18,31,34H,3,10-15,19H2,1-2H3. The van der Waals surface area contributed by atoms with Gasteiger partial charge in [0.05, 0.1) is 30.9 Å². The molecule has 0 unspecified atom stereocenters. The first-order valence-corrected chi connectivity index (χ1v) is 15.6. The number of carbonyl (C=O) groups is 2. The number of methoxy groups -OCH3 is 1. The zero-order valence-electron chi connectivity index (χ0n) is 24.7. The van der Waals surface area contributed by atoms with E-state index in [4.69, 9.17) is 28.4 Å². The summed E-state index contributed by atoms with van der Waals surface area (Å²) in [4.78, 5) is 28.8. The second-order valence-electron chi connectivity index (χ2n) is 9.77. The van der Waals surface area contributed by atoms with Crippen LogP contribution in [-0.2, 0) is 14.8 Å². The van der Waals surface area contributed by atoms with E-state index in [1.807, 2.05) is 0 Å². The summed E-state index contributed by atoms with van der Waals surface area (Å²) in [6.45, 7) is 2.36. The summed E-state index contributed by atoms with van der Waals surface area (Å²) < 4.78 is 63.0. The number of carbonyl (C=O) groups excluding carboxylic acids is 2. The number of nitrogens with zero attached hydrogens (tertiary/aromatic N) is 2. The summed E-state index contributed by atoms with van der Waals surface area (Å²) in [5.41, 5.74) is -0.0224. The zero-order valence-corrected chi connectivity index (χ0v) is 25.5. The molecule has 2 aliphatic heterocycles. The van der Waals surface area contributed by atoms with Crippen LogP contribution in [0, 0.1) is 0 Å². The molecule has 2 N–H and O–H groups in total. The van der Waals surface area contributed by atoms with Crippen LogP contribution < -0.4 is 28.4 Å². The number of rotatable bonds is 11. The molecule has 0 radical (unpaired) electrons. The Morgan fingerprint density at radius 1 is 0.933 bits per heavy atom. The molecule has 45 heavy (non-hydrogen) atoms. The van der Waals surface area contributed by atoms with Crippen LogP contribution in [-0.4, -0.2) is 95.2 Å². The smallest absolute Gasteiger partial charge is 0.409 e. The zero-order chi connectivity index (χ0) is 32.0. The number of hydrogen-bond donors (Lipinski definition) is 2. The number of para-hydroxylation sites is 2. The third-order valence-electron chi connectivity index (χ3n) is 6.92. The number of piperazine rings is 1. The molecule has 3 aromatic rings. The summed E-state index contributed by atoms with van der Waals surface area (Å²) in [5.74, 6) is 0.766. The Labute approximate surface area is 260 Å². The van der Waals surface area contributed by atoms with Crippen LogP contribution in [0.5, 0.6) is 34.5 Å². The molecule has 1 fully saturated rings. The van der Waals surface area contributed by atoms with Crippen molar-refractivity contribution >= 4 is 27.7 Å². The second-order valence-corrected chi connectivity index (χ2v) is 11.5. The van der Waals surface area contributed by atoms with Crippen molar-refractivity contribution in [3.63, 3.8) is 0 Å². The molecule has 0 saturated carbocycles. The molecule has 2 heterocycles. The summed E-state index contributed by atoms with van der Waals surface area (Å²) in [5, 5.41) is 9.52. The SMILES string of the molecule is CCOC(=O)N1CCN(C(=O)c2cc(NS(=O)(=O)c3ccc4c(c3)OCO4)c(Oc3ccccc3OC)c(OCCO)c2)CC1. The Kier molecular flexibility index (Phi) is 9.68. The van der Waals surface area contributed by atoms with Crippen LogP contribution in [0.3, 0.4) is 0 Å². The second kappa shape index (κ2) is 13.8. The highest BCUT2D eigenvalue weighted by Crippen LogP contribution is 2.44. The number of amides is 2. The lowest BCUT2D eigenvalue weighted by molar-refractivity contribution is 0.0570. The third kappa shape index (κ3) is 7.10. The quantitative estimate of drug-likeness (QED) is 0.315. The summed E-state index contributed by atoms with van der Waals surface area (Å²) >= 11 is 0. The first-order valence-electron chi connectivity index (χ1n) is 14.1. The topological polar surface area (TPSA) is 162 Å². The molecule has 14 nitrogen and oxygen atoms in total. The molecule has 15 heteroatoms. The van der Waals surface area contributed by atoms with Crippen molar-refractivity contribution in [2.75, 3.05) is 64.6 Å². The monoisotopic (exact) mass is 643 g/mol. The van der Waals surface area contributed by atoms with E-state index >= 15 is 0 Å². The average Bonchev–Trinajstić information content (AvgIpc) is 3.53. The highest BCUT2D eigenvalue weighted by atomic mass is 32.2. The van der Waals surface area contributed by atoms with Crippen molar-refractivity contribution in [3.8, 4) is 34.5 Å². The number of nitrogens with one attached hydrogen (secondary N) is 1. The Bertz CT molecular complexity index is 1660. The predicted molar refractivity (Wildman–Crippen MR) is 160 cm³/mol. The van der Waals surface area contributed by atoms with Crippen molar-refractivity contribution in [2.45, 2.75) is 11.8 Å². The van der Waals surface area contributed by atoms with Crippen molar-refractivity contribution in [1.29, 1.82) is 0 Å². The molecule has 5 rings (SSSR count). The number of ether oxygens (including phenoxy) is 6. The molecule has 240 valence electrons. The van der Waals surface area contributed by atoms with Gasteiger partial charge in [0.2, 0.25) is 6.79 Å². The van der Waals surface area contributed by atoms with Gasteiger partial charge in [0.15, 0.2) is 34.5 Å². The van der Waals surface area contributed by atoms with Crippen LogP contribution in [0.2, 0.25) is 0 Å². The molecule has 0 aromatic heterocycles. The van der Waals surface area contributed by atoms with E-state index in [0.717, 1.165) is 0 Å². The van der Waals surface area contributed by atoms with E-state index in [1.54, 1.807) is 31.2 Å². The highest BCUT2D eigenvalue weighted by Gasteiger charge is 2.29. The third-order valence-corrected chi connectivity index (χ3v) is 8.29. The van der Waals surface area contributed by atoms with Crippen LogP contribution in [0.25, 0.3) is 0 Å². The number of sulfonamides is 1. The minimum absolute atomic E-state index is 0.00523. The van der Waals surface area contributed by atoms with Gasteiger partial charge in [-0.3, -0.25) is 9.52 Å². The lowest BCUT2D eigenvalue weighted by Gasteiger charge is -2.34. The summed E-state index contributed by atoms with van der Waals surface area (Å²) in [7, 11) is -2.82. The Balaban J connectivity index is 1.53.